The summed E-state index contributed by atoms with van der Waals surface area (Å²) in [5.74, 6) is 1.47. The molecule has 186 valence electrons. The van der Waals surface area contributed by atoms with E-state index in [1.165, 1.54) is 16.7 Å². The molecule has 3 rings (SSSR count). The summed E-state index contributed by atoms with van der Waals surface area (Å²) in [6, 6.07) is 26.6. The zero-order chi connectivity index (χ0) is 24.9. The molecule has 0 aliphatic rings. The summed E-state index contributed by atoms with van der Waals surface area (Å²) in [5, 5.41) is 0. The number of rotatable bonds is 14. The maximum absolute atomic E-state index is 12.7. The average Bonchev–Trinajstić information content (AvgIpc) is 2.89. The fraction of sp³-hybridized carbons (Fsp3) is 0.367. The zero-order valence-corrected chi connectivity index (χ0v) is 21.1. The van der Waals surface area contributed by atoms with E-state index in [4.69, 9.17) is 14.2 Å². The number of esters is 1. The number of carbonyl (C=O) groups is 1. The van der Waals surface area contributed by atoms with Gasteiger partial charge in [0.1, 0.15) is 11.5 Å². The van der Waals surface area contributed by atoms with Crippen molar-refractivity contribution in [2.75, 3.05) is 27.4 Å². The third kappa shape index (κ3) is 8.76. The van der Waals surface area contributed by atoms with Crippen molar-refractivity contribution in [2.24, 2.45) is 5.92 Å². The van der Waals surface area contributed by atoms with Gasteiger partial charge >= 0.3 is 5.97 Å². The van der Waals surface area contributed by atoms with Crippen LogP contribution < -0.4 is 9.47 Å². The van der Waals surface area contributed by atoms with Crippen LogP contribution in [-0.4, -0.2) is 38.2 Å². The van der Waals surface area contributed by atoms with Crippen LogP contribution in [0.4, 0.5) is 0 Å². The Kier molecular flexibility index (Phi) is 10.6. The van der Waals surface area contributed by atoms with Gasteiger partial charge in [0.05, 0.1) is 26.7 Å². The summed E-state index contributed by atoms with van der Waals surface area (Å²) in [7, 11) is 3.36. The highest BCUT2D eigenvalue weighted by molar-refractivity contribution is 5.72. The molecule has 0 N–H and O–H groups in total. The second-order valence-corrected chi connectivity index (χ2v) is 8.69. The summed E-state index contributed by atoms with van der Waals surface area (Å²) in [5.41, 5.74) is 3.62. The van der Waals surface area contributed by atoms with E-state index < -0.39 is 0 Å². The monoisotopic (exact) mass is 475 g/mol. The Morgan fingerprint density at radius 2 is 1.31 bits per heavy atom. The number of ether oxygens (including phenoxy) is 3. The minimum atomic E-state index is -0.138. The zero-order valence-electron chi connectivity index (χ0n) is 21.1. The molecule has 5 nitrogen and oxygen atoms in total. The summed E-state index contributed by atoms with van der Waals surface area (Å²) in [6.07, 6.45) is 2.40. The summed E-state index contributed by atoms with van der Waals surface area (Å²) >= 11 is 0. The van der Waals surface area contributed by atoms with Gasteiger partial charge in [-0.25, -0.2) is 0 Å². The molecule has 3 aromatic carbocycles. The fourth-order valence-electron chi connectivity index (χ4n) is 4.22. The minimum absolute atomic E-state index is 0.104. The lowest BCUT2D eigenvalue weighted by Gasteiger charge is -2.24. The van der Waals surface area contributed by atoms with Gasteiger partial charge < -0.3 is 14.2 Å². The van der Waals surface area contributed by atoms with Crippen molar-refractivity contribution in [3.63, 3.8) is 0 Å². The van der Waals surface area contributed by atoms with Gasteiger partial charge in [0, 0.05) is 13.1 Å². The molecule has 0 aromatic heterocycles. The van der Waals surface area contributed by atoms with Crippen LogP contribution in [0.2, 0.25) is 0 Å². The smallest absolute Gasteiger partial charge is 0.309 e. The summed E-state index contributed by atoms with van der Waals surface area (Å²) < 4.78 is 16.0. The van der Waals surface area contributed by atoms with Crippen LogP contribution in [0.15, 0.2) is 78.9 Å². The van der Waals surface area contributed by atoms with Crippen molar-refractivity contribution < 1.29 is 19.0 Å². The van der Waals surface area contributed by atoms with Crippen LogP contribution in [0.25, 0.3) is 0 Å². The quantitative estimate of drug-likeness (QED) is 0.271. The summed E-state index contributed by atoms with van der Waals surface area (Å²) in [4.78, 5) is 15.1. The van der Waals surface area contributed by atoms with Crippen LogP contribution in [0, 0.1) is 5.92 Å². The summed E-state index contributed by atoms with van der Waals surface area (Å²) in [6.45, 7) is 4.79. The average molecular weight is 476 g/mol. The van der Waals surface area contributed by atoms with Crippen molar-refractivity contribution in [2.45, 2.75) is 39.3 Å². The SMILES string of the molecule is CCOC(=O)C(CCCN(Cc1ccc(OC)cc1)Cc1ccc(OC)cc1)Cc1ccccc1. The Morgan fingerprint density at radius 3 is 1.80 bits per heavy atom. The van der Waals surface area contributed by atoms with Gasteiger partial charge in [0.15, 0.2) is 0 Å². The molecule has 1 unspecified atom stereocenters. The van der Waals surface area contributed by atoms with Gasteiger partial charge in [-0.05, 0) is 73.7 Å². The highest BCUT2D eigenvalue weighted by Crippen LogP contribution is 2.20. The maximum Gasteiger partial charge on any atom is 0.309 e. The molecular formula is C30H37NO4. The van der Waals surface area contributed by atoms with E-state index in [1.807, 2.05) is 49.4 Å². The van der Waals surface area contributed by atoms with Gasteiger partial charge in [0.25, 0.3) is 0 Å². The first-order valence-corrected chi connectivity index (χ1v) is 12.3. The molecule has 0 radical (unpaired) electrons. The molecule has 0 amide bonds. The molecule has 5 heteroatoms. The predicted octanol–water partition coefficient (Wildman–Crippen LogP) is 5.91. The molecule has 1 atom stereocenters. The van der Waals surface area contributed by atoms with E-state index in [9.17, 15) is 4.79 Å². The van der Waals surface area contributed by atoms with Crippen LogP contribution in [0.3, 0.4) is 0 Å². The first-order valence-electron chi connectivity index (χ1n) is 12.3. The second-order valence-electron chi connectivity index (χ2n) is 8.69. The van der Waals surface area contributed by atoms with Crippen molar-refractivity contribution in [1.29, 1.82) is 0 Å². The number of hydrogen-bond donors (Lipinski definition) is 0. The van der Waals surface area contributed by atoms with Gasteiger partial charge in [-0.2, -0.15) is 0 Å². The molecule has 35 heavy (non-hydrogen) atoms. The maximum atomic E-state index is 12.7. The molecule has 0 heterocycles. The topological polar surface area (TPSA) is 48.0 Å². The largest absolute Gasteiger partial charge is 0.497 e. The molecule has 0 spiro atoms. The Labute approximate surface area is 209 Å². The highest BCUT2D eigenvalue weighted by atomic mass is 16.5. The Balaban J connectivity index is 1.66. The van der Waals surface area contributed by atoms with Crippen LogP contribution in [0.1, 0.15) is 36.5 Å². The molecule has 0 aliphatic carbocycles. The van der Waals surface area contributed by atoms with Crippen molar-refractivity contribution in [1.82, 2.24) is 4.90 Å². The number of methoxy groups -OCH3 is 2. The van der Waals surface area contributed by atoms with Crippen LogP contribution in [0.5, 0.6) is 11.5 Å². The number of nitrogens with zero attached hydrogens (tertiary/aromatic N) is 1. The Hall–Kier alpha value is -3.31. The lowest BCUT2D eigenvalue weighted by atomic mass is 9.94. The molecule has 0 bridgehead atoms. The van der Waals surface area contributed by atoms with E-state index in [-0.39, 0.29) is 11.9 Å². The molecule has 3 aromatic rings. The van der Waals surface area contributed by atoms with Crippen molar-refractivity contribution in [3.8, 4) is 11.5 Å². The molecule has 0 fully saturated rings. The molecule has 0 saturated heterocycles. The minimum Gasteiger partial charge on any atom is -0.497 e. The van der Waals surface area contributed by atoms with Gasteiger partial charge in [-0.1, -0.05) is 54.6 Å². The third-order valence-corrected chi connectivity index (χ3v) is 6.10. The number of hydrogen-bond acceptors (Lipinski definition) is 5. The number of carbonyl (C=O) groups excluding carboxylic acids is 1. The molecular weight excluding hydrogens is 438 g/mol. The van der Waals surface area contributed by atoms with Gasteiger partial charge in [0.2, 0.25) is 0 Å². The Morgan fingerprint density at radius 1 is 0.771 bits per heavy atom. The van der Waals surface area contributed by atoms with E-state index in [0.717, 1.165) is 44.0 Å². The van der Waals surface area contributed by atoms with E-state index in [1.54, 1.807) is 14.2 Å². The number of benzene rings is 3. The van der Waals surface area contributed by atoms with E-state index >= 15 is 0 Å². The first kappa shape index (κ1) is 26.3. The molecule has 0 saturated carbocycles. The van der Waals surface area contributed by atoms with Crippen molar-refractivity contribution in [3.05, 3.63) is 95.6 Å². The standard InChI is InChI=1S/C30H37NO4/c1-4-35-30(32)27(21-24-9-6-5-7-10-24)11-8-20-31(22-25-12-16-28(33-2)17-13-25)23-26-14-18-29(34-3)19-15-26/h5-7,9-10,12-19,27H,4,8,11,20-23H2,1-3H3. The Bertz CT molecular complexity index is 953. The van der Waals surface area contributed by atoms with Crippen LogP contribution >= 0.6 is 0 Å². The van der Waals surface area contributed by atoms with Crippen LogP contribution in [-0.2, 0) is 29.0 Å². The van der Waals surface area contributed by atoms with Gasteiger partial charge in [-0.3, -0.25) is 9.69 Å². The first-order chi connectivity index (χ1) is 17.1. The predicted molar refractivity (Wildman–Crippen MR) is 140 cm³/mol. The lowest BCUT2D eigenvalue weighted by molar-refractivity contribution is -0.148. The highest BCUT2D eigenvalue weighted by Gasteiger charge is 2.20. The van der Waals surface area contributed by atoms with Gasteiger partial charge in [-0.15, -0.1) is 0 Å². The molecule has 0 aliphatic heterocycles. The fourth-order valence-corrected chi connectivity index (χ4v) is 4.22. The normalized spacial score (nSPS) is 11.8. The van der Waals surface area contributed by atoms with E-state index in [2.05, 4.69) is 41.3 Å². The lowest BCUT2D eigenvalue weighted by Crippen LogP contribution is -2.26. The second kappa shape index (κ2) is 14.2. The van der Waals surface area contributed by atoms with E-state index in [0.29, 0.717) is 13.0 Å². The van der Waals surface area contributed by atoms with Crippen molar-refractivity contribution >= 4 is 5.97 Å². The third-order valence-electron chi connectivity index (χ3n) is 6.10.